The minimum Gasteiger partial charge on any atom is -0.487 e. The molecule has 2 saturated carbocycles. The highest BCUT2D eigenvalue weighted by molar-refractivity contribution is 5.78. The summed E-state index contributed by atoms with van der Waals surface area (Å²) in [7, 11) is 1.87. The number of urea groups is 1. The normalized spacial score (nSPS) is 22.6. The Balaban J connectivity index is 1.32. The van der Waals surface area contributed by atoms with E-state index in [4.69, 9.17) is 19.9 Å². The van der Waals surface area contributed by atoms with E-state index >= 15 is 0 Å². The molecule has 4 rings (SSSR count). The summed E-state index contributed by atoms with van der Waals surface area (Å²) < 4.78 is 33.8. The number of nitrogens with one attached hydrogen (secondary N) is 1. The van der Waals surface area contributed by atoms with Crippen molar-refractivity contribution in [2.24, 2.45) is 12.8 Å². The SMILES string of the molecule is C[C@@H](COC1CCC(Oc2nc3cc(F)c(OC4CC4)cc3n2C)CC1)NC(N)=O. The maximum atomic E-state index is 14.3. The first-order chi connectivity index (χ1) is 14.4. The predicted molar refractivity (Wildman–Crippen MR) is 109 cm³/mol. The van der Waals surface area contributed by atoms with Gasteiger partial charge in [0.15, 0.2) is 11.6 Å². The topological polar surface area (TPSA) is 101 Å². The lowest BCUT2D eigenvalue weighted by molar-refractivity contribution is -0.00549. The van der Waals surface area contributed by atoms with E-state index in [1.165, 1.54) is 6.07 Å². The molecule has 1 heterocycles. The third kappa shape index (κ3) is 4.95. The van der Waals surface area contributed by atoms with Crippen molar-refractivity contribution in [3.8, 4) is 11.8 Å². The molecule has 1 atom stereocenters. The van der Waals surface area contributed by atoms with Crippen molar-refractivity contribution in [2.45, 2.75) is 69.8 Å². The Hall–Kier alpha value is -2.55. The summed E-state index contributed by atoms with van der Waals surface area (Å²) in [5.41, 5.74) is 6.46. The number of carbonyl (C=O) groups is 1. The highest BCUT2D eigenvalue weighted by Crippen LogP contribution is 2.33. The number of ether oxygens (including phenoxy) is 3. The highest BCUT2D eigenvalue weighted by Gasteiger charge is 2.27. The number of aryl methyl sites for hydroxylation is 1. The third-order valence-electron chi connectivity index (χ3n) is 5.58. The van der Waals surface area contributed by atoms with Crippen LogP contribution in [0.1, 0.15) is 45.4 Å². The van der Waals surface area contributed by atoms with E-state index in [0.717, 1.165) is 44.0 Å². The Labute approximate surface area is 174 Å². The molecule has 164 valence electrons. The minimum absolute atomic E-state index is 0.0357. The summed E-state index contributed by atoms with van der Waals surface area (Å²) in [5.74, 6) is -0.117. The molecule has 9 heteroatoms. The average Bonchev–Trinajstić information content (AvgIpc) is 3.47. The Morgan fingerprint density at radius 3 is 2.50 bits per heavy atom. The average molecular weight is 420 g/mol. The van der Waals surface area contributed by atoms with Crippen LogP contribution in [-0.2, 0) is 11.8 Å². The summed E-state index contributed by atoms with van der Waals surface area (Å²) in [4.78, 5) is 15.3. The molecule has 0 bridgehead atoms. The fraction of sp³-hybridized carbons (Fsp3) is 0.619. The van der Waals surface area contributed by atoms with E-state index in [9.17, 15) is 9.18 Å². The van der Waals surface area contributed by atoms with Crippen molar-refractivity contribution in [2.75, 3.05) is 6.61 Å². The molecular formula is C21H29FN4O4. The smallest absolute Gasteiger partial charge is 0.312 e. The quantitative estimate of drug-likeness (QED) is 0.684. The summed E-state index contributed by atoms with van der Waals surface area (Å²) in [6.45, 7) is 2.29. The van der Waals surface area contributed by atoms with Crippen molar-refractivity contribution in [3.05, 3.63) is 17.9 Å². The molecule has 0 saturated heterocycles. The molecule has 0 radical (unpaired) electrons. The first-order valence-corrected chi connectivity index (χ1v) is 10.6. The number of nitrogens with zero attached hydrogens (tertiary/aromatic N) is 2. The van der Waals surface area contributed by atoms with Gasteiger partial charge in [0.25, 0.3) is 6.01 Å². The Bertz CT molecular complexity index is 906. The first kappa shape index (κ1) is 20.7. The van der Waals surface area contributed by atoms with Crippen molar-refractivity contribution >= 4 is 17.1 Å². The fourth-order valence-electron chi connectivity index (χ4n) is 3.76. The molecule has 2 aliphatic rings. The number of hydrogen-bond donors (Lipinski definition) is 2. The number of carbonyl (C=O) groups excluding carboxylic acids is 1. The molecule has 2 aliphatic carbocycles. The Morgan fingerprint density at radius 1 is 1.20 bits per heavy atom. The van der Waals surface area contributed by atoms with Crippen LogP contribution in [0.2, 0.25) is 0 Å². The zero-order valence-corrected chi connectivity index (χ0v) is 17.4. The van der Waals surface area contributed by atoms with Gasteiger partial charge in [-0.25, -0.2) is 9.18 Å². The Morgan fingerprint density at radius 2 is 1.83 bits per heavy atom. The van der Waals surface area contributed by atoms with Gasteiger partial charge in [-0.2, -0.15) is 4.98 Å². The number of benzene rings is 1. The predicted octanol–water partition coefficient (Wildman–Crippen LogP) is 3.02. The van der Waals surface area contributed by atoms with Crippen molar-refractivity contribution in [3.63, 3.8) is 0 Å². The van der Waals surface area contributed by atoms with E-state index < -0.39 is 11.8 Å². The third-order valence-corrected chi connectivity index (χ3v) is 5.58. The van der Waals surface area contributed by atoms with E-state index in [1.54, 1.807) is 6.07 Å². The van der Waals surface area contributed by atoms with Gasteiger partial charge in [0.1, 0.15) is 6.10 Å². The van der Waals surface area contributed by atoms with Crippen LogP contribution < -0.4 is 20.5 Å². The molecule has 1 aromatic carbocycles. The molecule has 2 aromatic rings. The van der Waals surface area contributed by atoms with Gasteiger partial charge in [-0.05, 0) is 45.4 Å². The molecule has 3 N–H and O–H groups in total. The molecule has 0 unspecified atom stereocenters. The number of aromatic nitrogens is 2. The fourth-order valence-corrected chi connectivity index (χ4v) is 3.76. The van der Waals surface area contributed by atoms with Crippen LogP contribution in [-0.4, -0.2) is 46.5 Å². The number of nitrogens with two attached hydrogens (primary N) is 1. The largest absolute Gasteiger partial charge is 0.487 e. The van der Waals surface area contributed by atoms with Gasteiger partial charge >= 0.3 is 6.03 Å². The van der Waals surface area contributed by atoms with E-state index in [2.05, 4.69) is 10.3 Å². The first-order valence-electron chi connectivity index (χ1n) is 10.6. The lowest BCUT2D eigenvalue weighted by Crippen LogP contribution is -2.40. The van der Waals surface area contributed by atoms with Gasteiger partial charge in [0, 0.05) is 19.2 Å². The van der Waals surface area contributed by atoms with Crippen LogP contribution >= 0.6 is 0 Å². The molecule has 0 spiro atoms. The highest BCUT2D eigenvalue weighted by atomic mass is 19.1. The second-order valence-corrected chi connectivity index (χ2v) is 8.30. The van der Waals surface area contributed by atoms with Crippen LogP contribution in [0.15, 0.2) is 12.1 Å². The zero-order valence-electron chi connectivity index (χ0n) is 17.4. The maximum Gasteiger partial charge on any atom is 0.312 e. The van der Waals surface area contributed by atoms with Crippen LogP contribution in [0.3, 0.4) is 0 Å². The number of fused-ring (bicyclic) bond motifs is 1. The zero-order chi connectivity index (χ0) is 21.3. The van der Waals surface area contributed by atoms with Crippen LogP contribution in [0.25, 0.3) is 11.0 Å². The summed E-state index contributed by atoms with van der Waals surface area (Å²) in [6, 6.07) is 2.93. The minimum atomic E-state index is -0.545. The second kappa shape index (κ2) is 8.67. The lowest BCUT2D eigenvalue weighted by atomic mass is 9.95. The standard InChI is InChI=1S/C21H29FN4O4/c1-12(24-20(23)27)11-28-13-3-5-15(6-4-13)30-21-25-17-9-16(22)19(29-14-7-8-14)10-18(17)26(21)2/h9-10,12-15H,3-8,11H2,1-2H3,(H3,23,24,27)/t12-,13?,15?/m0/s1. The van der Waals surface area contributed by atoms with Crippen molar-refractivity contribution in [1.82, 2.24) is 14.9 Å². The van der Waals surface area contributed by atoms with E-state index in [-0.39, 0.29) is 30.1 Å². The van der Waals surface area contributed by atoms with E-state index in [1.807, 2.05) is 18.5 Å². The van der Waals surface area contributed by atoms with Gasteiger partial charge in [-0.1, -0.05) is 0 Å². The molecule has 1 aromatic heterocycles. The molecule has 8 nitrogen and oxygen atoms in total. The molecule has 0 aliphatic heterocycles. The summed E-state index contributed by atoms with van der Waals surface area (Å²) in [6.07, 6.45) is 5.68. The molecule has 2 fully saturated rings. The van der Waals surface area contributed by atoms with Gasteiger partial charge < -0.3 is 25.3 Å². The summed E-state index contributed by atoms with van der Waals surface area (Å²) >= 11 is 0. The number of imidazole rings is 1. The number of primary amides is 1. The second-order valence-electron chi connectivity index (χ2n) is 8.30. The maximum absolute atomic E-state index is 14.3. The van der Waals surface area contributed by atoms with Crippen molar-refractivity contribution < 1.29 is 23.4 Å². The van der Waals surface area contributed by atoms with Gasteiger partial charge in [0.05, 0.1) is 35.9 Å². The van der Waals surface area contributed by atoms with Gasteiger partial charge in [-0.3, -0.25) is 4.57 Å². The van der Waals surface area contributed by atoms with E-state index in [0.29, 0.717) is 18.1 Å². The monoisotopic (exact) mass is 420 g/mol. The molecule has 2 amide bonds. The lowest BCUT2D eigenvalue weighted by Gasteiger charge is -2.29. The van der Waals surface area contributed by atoms with Crippen LogP contribution in [0.4, 0.5) is 9.18 Å². The number of amides is 2. The Kier molecular flexibility index (Phi) is 5.99. The van der Waals surface area contributed by atoms with Crippen molar-refractivity contribution in [1.29, 1.82) is 0 Å². The molecule has 30 heavy (non-hydrogen) atoms. The summed E-state index contributed by atoms with van der Waals surface area (Å²) in [5, 5.41) is 2.61. The van der Waals surface area contributed by atoms with Gasteiger partial charge in [0.2, 0.25) is 0 Å². The van der Waals surface area contributed by atoms with Crippen LogP contribution in [0.5, 0.6) is 11.8 Å². The van der Waals surface area contributed by atoms with Gasteiger partial charge in [-0.15, -0.1) is 0 Å². The number of hydrogen-bond acceptors (Lipinski definition) is 5. The molecular weight excluding hydrogens is 391 g/mol. The van der Waals surface area contributed by atoms with Crippen LogP contribution in [0, 0.1) is 5.82 Å². The number of rotatable bonds is 8. The number of halogens is 1.